The predicted molar refractivity (Wildman–Crippen MR) is 72.3 cm³/mol. The summed E-state index contributed by atoms with van der Waals surface area (Å²) in [4.78, 5) is 2.17. The zero-order valence-corrected chi connectivity index (χ0v) is 11.2. The van der Waals surface area contributed by atoms with E-state index < -0.39 is 0 Å². The van der Waals surface area contributed by atoms with Crippen LogP contribution in [0.15, 0.2) is 30.8 Å². The van der Waals surface area contributed by atoms with Gasteiger partial charge in [0.2, 0.25) is 0 Å². The van der Waals surface area contributed by atoms with Crippen molar-refractivity contribution in [1.82, 2.24) is 4.90 Å². The SMILES string of the molecule is C=C(c1ccc(CN(C)C)cc1)C(C)(C)C. The van der Waals surface area contributed by atoms with E-state index in [9.17, 15) is 0 Å². The van der Waals surface area contributed by atoms with Crippen LogP contribution in [-0.2, 0) is 6.54 Å². The number of rotatable bonds is 3. The highest BCUT2D eigenvalue weighted by atomic mass is 15.0. The lowest BCUT2D eigenvalue weighted by molar-refractivity contribution is 0.402. The largest absolute Gasteiger partial charge is 0.305 e. The van der Waals surface area contributed by atoms with Crippen molar-refractivity contribution in [1.29, 1.82) is 0 Å². The molecule has 0 saturated carbocycles. The Balaban J connectivity index is 2.83. The fraction of sp³-hybridized carbons (Fsp3) is 0.467. The third kappa shape index (κ3) is 3.49. The van der Waals surface area contributed by atoms with Gasteiger partial charge in [0, 0.05) is 6.54 Å². The van der Waals surface area contributed by atoms with Gasteiger partial charge in [0.25, 0.3) is 0 Å². The summed E-state index contributed by atoms with van der Waals surface area (Å²) in [6.45, 7) is 11.8. The van der Waals surface area contributed by atoms with Gasteiger partial charge in [-0.15, -0.1) is 0 Å². The minimum atomic E-state index is 0.142. The maximum absolute atomic E-state index is 4.18. The average molecular weight is 217 g/mol. The number of allylic oxidation sites excluding steroid dienone is 1. The molecular formula is C15H23N. The van der Waals surface area contributed by atoms with Gasteiger partial charge in [0.1, 0.15) is 0 Å². The standard InChI is InChI=1S/C15H23N/c1-12(15(2,3)4)14-9-7-13(8-10-14)11-16(5)6/h7-10H,1,11H2,2-6H3. The second-order valence-electron chi connectivity index (χ2n) is 5.66. The summed E-state index contributed by atoms with van der Waals surface area (Å²) >= 11 is 0. The minimum Gasteiger partial charge on any atom is -0.305 e. The number of benzene rings is 1. The summed E-state index contributed by atoms with van der Waals surface area (Å²) in [5.41, 5.74) is 3.93. The zero-order valence-electron chi connectivity index (χ0n) is 11.2. The van der Waals surface area contributed by atoms with Crippen molar-refractivity contribution in [3.05, 3.63) is 42.0 Å². The van der Waals surface area contributed by atoms with Crippen molar-refractivity contribution >= 4 is 5.57 Å². The van der Waals surface area contributed by atoms with E-state index in [-0.39, 0.29) is 5.41 Å². The van der Waals surface area contributed by atoms with Gasteiger partial charge in [-0.05, 0) is 36.2 Å². The molecule has 0 radical (unpaired) electrons. The van der Waals surface area contributed by atoms with E-state index in [4.69, 9.17) is 0 Å². The molecule has 16 heavy (non-hydrogen) atoms. The molecule has 0 spiro atoms. The van der Waals surface area contributed by atoms with Gasteiger partial charge in [-0.2, -0.15) is 0 Å². The molecule has 0 amide bonds. The minimum absolute atomic E-state index is 0.142. The van der Waals surface area contributed by atoms with Crippen LogP contribution in [0.25, 0.3) is 5.57 Å². The van der Waals surface area contributed by atoms with Crippen molar-refractivity contribution in [3.63, 3.8) is 0 Å². The van der Waals surface area contributed by atoms with Crippen LogP contribution in [0.5, 0.6) is 0 Å². The maximum Gasteiger partial charge on any atom is 0.0227 e. The summed E-state index contributed by atoms with van der Waals surface area (Å²) in [5, 5.41) is 0. The molecule has 0 unspecified atom stereocenters. The Hall–Kier alpha value is -1.08. The summed E-state index contributed by atoms with van der Waals surface area (Å²) in [6.07, 6.45) is 0. The first-order chi connectivity index (χ1) is 7.30. The third-order valence-corrected chi connectivity index (χ3v) is 2.71. The lowest BCUT2D eigenvalue weighted by atomic mass is 9.83. The Morgan fingerprint density at radius 3 is 2.00 bits per heavy atom. The van der Waals surface area contributed by atoms with Gasteiger partial charge in [-0.25, -0.2) is 0 Å². The van der Waals surface area contributed by atoms with Crippen molar-refractivity contribution in [2.45, 2.75) is 27.3 Å². The molecule has 88 valence electrons. The third-order valence-electron chi connectivity index (χ3n) is 2.71. The molecule has 0 aliphatic heterocycles. The Bertz CT molecular complexity index is 352. The van der Waals surface area contributed by atoms with Crippen molar-refractivity contribution in [3.8, 4) is 0 Å². The van der Waals surface area contributed by atoms with E-state index in [1.165, 1.54) is 16.7 Å². The Morgan fingerprint density at radius 1 is 1.12 bits per heavy atom. The molecule has 0 aliphatic rings. The van der Waals surface area contributed by atoms with Gasteiger partial charge < -0.3 is 4.90 Å². The summed E-state index contributed by atoms with van der Waals surface area (Å²) in [5.74, 6) is 0. The molecule has 0 heterocycles. The fourth-order valence-corrected chi connectivity index (χ4v) is 1.61. The summed E-state index contributed by atoms with van der Waals surface area (Å²) in [6, 6.07) is 8.72. The Morgan fingerprint density at radius 2 is 1.62 bits per heavy atom. The molecule has 0 aliphatic carbocycles. The van der Waals surface area contributed by atoms with Crippen LogP contribution in [0.3, 0.4) is 0 Å². The molecule has 1 heteroatoms. The zero-order chi connectivity index (χ0) is 12.3. The molecule has 1 nitrogen and oxygen atoms in total. The predicted octanol–water partition coefficient (Wildman–Crippen LogP) is 3.81. The lowest BCUT2D eigenvalue weighted by Crippen LogP contribution is -2.11. The smallest absolute Gasteiger partial charge is 0.0227 e. The van der Waals surface area contributed by atoms with Crippen LogP contribution in [0.2, 0.25) is 0 Å². The molecule has 1 rings (SSSR count). The van der Waals surface area contributed by atoms with E-state index >= 15 is 0 Å². The first-order valence-electron chi connectivity index (χ1n) is 5.74. The first-order valence-corrected chi connectivity index (χ1v) is 5.74. The van der Waals surface area contributed by atoms with Gasteiger partial charge in [0.15, 0.2) is 0 Å². The molecule has 0 saturated heterocycles. The quantitative estimate of drug-likeness (QED) is 0.744. The highest BCUT2D eigenvalue weighted by Crippen LogP contribution is 2.32. The molecular weight excluding hydrogens is 194 g/mol. The van der Waals surface area contributed by atoms with Crippen molar-refractivity contribution in [2.75, 3.05) is 14.1 Å². The van der Waals surface area contributed by atoms with Crippen molar-refractivity contribution < 1.29 is 0 Å². The Kier molecular flexibility index (Phi) is 3.93. The van der Waals surface area contributed by atoms with Gasteiger partial charge in [0.05, 0.1) is 0 Å². The van der Waals surface area contributed by atoms with Crippen LogP contribution in [0, 0.1) is 5.41 Å². The molecule has 0 atom stereocenters. The topological polar surface area (TPSA) is 3.24 Å². The van der Waals surface area contributed by atoms with Crippen LogP contribution < -0.4 is 0 Å². The second-order valence-corrected chi connectivity index (χ2v) is 5.66. The van der Waals surface area contributed by atoms with Gasteiger partial charge in [-0.1, -0.05) is 51.6 Å². The molecule has 0 fully saturated rings. The van der Waals surface area contributed by atoms with Crippen LogP contribution >= 0.6 is 0 Å². The van der Waals surface area contributed by atoms with E-state index in [1.807, 2.05) is 0 Å². The highest BCUT2D eigenvalue weighted by molar-refractivity contribution is 5.67. The maximum atomic E-state index is 4.18. The van der Waals surface area contributed by atoms with Crippen molar-refractivity contribution in [2.24, 2.45) is 5.41 Å². The van der Waals surface area contributed by atoms with E-state index in [2.05, 4.69) is 70.6 Å². The Labute approximate surface area is 99.8 Å². The first kappa shape index (κ1) is 13.0. The van der Waals surface area contributed by atoms with E-state index in [0.29, 0.717) is 0 Å². The number of hydrogen-bond donors (Lipinski definition) is 0. The van der Waals surface area contributed by atoms with Gasteiger partial charge in [-0.3, -0.25) is 0 Å². The average Bonchev–Trinajstić information content (AvgIpc) is 2.15. The van der Waals surface area contributed by atoms with Gasteiger partial charge >= 0.3 is 0 Å². The molecule has 0 aromatic heterocycles. The fourth-order valence-electron chi connectivity index (χ4n) is 1.61. The summed E-state index contributed by atoms with van der Waals surface area (Å²) < 4.78 is 0. The molecule has 0 bridgehead atoms. The molecule has 1 aromatic carbocycles. The highest BCUT2D eigenvalue weighted by Gasteiger charge is 2.16. The normalized spacial score (nSPS) is 11.9. The monoisotopic (exact) mass is 217 g/mol. The molecule has 1 aromatic rings. The number of nitrogens with zero attached hydrogens (tertiary/aromatic N) is 1. The lowest BCUT2D eigenvalue weighted by Gasteiger charge is -2.22. The summed E-state index contributed by atoms with van der Waals surface area (Å²) in [7, 11) is 4.17. The number of hydrogen-bond acceptors (Lipinski definition) is 1. The second kappa shape index (κ2) is 4.84. The van der Waals surface area contributed by atoms with Crippen LogP contribution in [-0.4, -0.2) is 19.0 Å². The van der Waals surface area contributed by atoms with E-state index in [1.54, 1.807) is 0 Å². The van der Waals surface area contributed by atoms with Crippen LogP contribution in [0.1, 0.15) is 31.9 Å². The van der Waals surface area contributed by atoms with Crippen LogP contribution in [0.4, 0.5) is 0 Å². The molecule has 0 N–H and O–H groups in total. The van der Waals surface area contributed by atoms with E-state index in [0.717, 1.165) is 6.54 Å².